The van der Waals surface area contributed by atoms with Crippen LogP contribution in [0.5, 0.6) is 0 Å². The summed E-state index contributed by atoms with van der Waals surface area (Å²) in [6.07, 6.45) is 3.31. The molecular formula is C8H12N6. The molecule has 0 bridgehead atoms. The lowest BCUT2D eigenvalue weighted by molar-refractivity contribution is 0.700. The van der Waals surface area contributed by atoms with Crippen LogP contribution in [0.4, 0.5) is 5.82 Å². The molecule has 2 aromatic heterocycles. The molecule has 0 radical (unpaired) electrons. The Hall–Kier alpha value is -1.85. The molecule has 2 heterocycles. The number of aryl methyl sites for hydroxylation is 1. The van der Waals surface area contributed by atoms with Crippen molar-refractivity contribution >= 4 is 5.82 Å². The van der Waals surface area contributed by atoms with Gasteiger partial charge < -0.3 is 14.9 Å². The van der Waals surface area contributed by atoms with Crippen LogP contribution in [-0.2, 0) is 13.6 Å². The fraction of sp³-hybridized carbons (Fsp3) is 0.375. The zero-order valence-electron chi connectivity index (χ0n) is 8.18. The Morgan fingerprint density at radius 3 is 2.50 bits per heavy atom. The first-order valence-corrected chi connectivity index (χ1v) is 4.28. The first kappa shape index (κ1) is 8.74. The first-order chi connectivity index (χ1) is 6.68. The van der Waals surface area contributed by atoms with Gasteiger partial charge in [-0.3, -0.25) is 0 Å². The van der Waals surface area contributed by atoms with Crippen LogP contribution in [0.3, 0.4) is 0 Å². The van der Waals surface area contributed by atoms with Crippen molar-refractivity contribution in [2.24, 2.45) is 7.05 Å². The third kappa shape index (κ3) is 1.34. The van der Waals surface area contributed by atoms with Crippen LogP contribution < -0.4 is 5.73 Å². The van der Waals surface area contributed by atoms with Crippen LogP contribution in [0.25, 0.3) is 0 Å². The maximum absolute atomic E-state index is 5.79. The summed E-state index contributed by atoms with van der Waals surface area (Å²) < 4.78 is 3.72. The van der Waals surface area contributed by atoms with Crippen molar-refractivity contribution in [3.63, 3.8) is 0 Å². The van der Waals surface area contributed by atoms with Gasteiger partial charge in [0.15, 0.2) is 0 Å². The van der Waals surface area contributed by atoms with Gasteiger partial charge in [-0.05, 0) is 6.92 Å². The van der Waals surface area contributed by atoms with Crippen molar-refractivity contribution in [3.8, 4) is 0 Å². The molecule has 6 heteroatoms. The number of hydrogen-bond acceptors (Lipinski definition) is 4. The highest BCUT2D eigenvalue weighted by Crippen LogP contribution is 2.11. The molecule has 6 nitrogen and oxygen atoms in total. The van der Waals surface area contributed by atoms with Crippen LogP contribution in [0, 0.1) is 6.92 Å². The number of nitrogens with zero attached hydrogens (tertiary/aromatic N) is 5. The molecule has 2 rings (SSSR count). The summed E-state index contributed by atoms with van der Waals surface area (Å²) in [7, 11) is 1.90. The van der Waals surface area contributed by atoms with E-state index in [1.54, 1.807) is 12.7 Å². The van der Waals surface area contributed by atoms with E-state index in [-0.39, 0.29) is 0 Å². The maximum atomic E-state index is 5.79. The van der Waals surface area contributed by atoms with E-state index in [0.29, 0.717) is 12.4 Å². The Morgan fingerprint density at radius 2 is 2.00 bits per heavy atom. The Kier molecular flexibility index (Phi) is 1.95. The van der Waals surface area contributed by atoms with E-state index < -0.39 is 0 Å². The summed E-state index contributed by atoms with van der Waals surface area (Å²) in [5, 5.41) is 7.44. The van der Waals surface area contributed by atoms with Gasteiger partial charge in [0, 0.05) is 7.05 Å². The summed E-state index contributed by atoms with van der Waals surface area (Å²) in [5.74, 6) is 1.60. The number of nitrogen functional groups attached to an aromatic ring is 1. The Morgan fingerprint density at radius 1 is 1.36 bits per heavy atom. The van der Waals surface area contributed by atoms with Crippen molar-refractivity contribution in [2.75, 3.05) is 5.73 Å². The molecule has 0 amide bonds. The van der Waals surface area contributed by atoms with Crippen molar-refractivity contribution in [2.45, 2.75) is 13.5 Å². The predicted octanol–water partition coefficient (Wildman–Crippen LogP) is -0.0495. The topological polar surface area (TPSA) is 74.5 Å². The van der Waals surface area contributed by atoms with Crippen molar-refractivity contribution < 1.29 is 0 Å². The maximum Gasteiger partial charge on any atom is 0.130 e. The second kappa shape index (κ2) is 3.13. The SMILES string of the molecule is Cc1nc(Cn2cnnc2)n(C)c1N. The molecule has 0 saturated heterocycles. The van der Waals surface area contributed by atoms with Crippen LogP contribution in [-0.4, -0.2) is 24.3 Å². The average Bonchev–Trinajstić information content (AvgIpc) is 2.73. The monoisotopic (exact) mass is 192 g/mol. The molecule has 74 valence electrons. The Labute approximate surface area is 81.4 Å². The lowest BCUT2D eigenvalue weighted by Gasteiger charge is -2.02. The van der Waals surface area contributed by atoms with Gasteiger partial charge in [-0.15, -0.1) is 10.2 Å². The lowest BCUT2D eigenvalue weighted by atomic mass is 10.5. The van der Waals surface area contributed by atoms with E-state index in [0.717, 1.165) is 11.5 Å². The Bertz CT molecular complexity index is 427. The molecule has 0 saturated carbocycles. The summed E-state index contributed by atoms with van der Waals surface area (Å²) in [4.78, 5) is 4.35. The third-order valence-corrected chi connectivity index (χ3v) is 2.21. The fourth-order valence-electron chi connectivity index (χ4n) is 1.32. The number of aromatic nitrogens is 5. The smallest absolute Gasteiger partial charge is 0.130 e. The highest BCUT2D eigenvalue weighted by molar-refractivity contribution is 5.36. The van der Waals surface area contributed by atoms with Crippen LogP contribution in [0.15, 0.2) is 12.7 Å². The molecule has 0 atom stereocenters. The summed E-state index contributed by atoms with van der Waals surface area (Å²) in [5.41, 5.74) is 6.65. The quantitative estimate of drug-likeness (QED) is 0.724. The fourth-order valence-corrected chi connectivity index (χ4v) is 1.32. The van der Waals surface area contributed by atoms with Crippen LogP contribution >= 0.6 is 0 Å². The molecule has 14 heavy (non-hydrogen) atoms. The second-order valence-electron chi connectivity index (χ2n) is 3.19. The molecule has 0 aliphatic carbocycles. The number of imidazole rings is 1. The van der Waals surface area contributed by atoms with Crippen LogP contribution in [0.2, 0.25) is 0 Å². The second-order valence-corrected chi connectivity index (χ2v) is 3.19. The molecule has 0 fully saturated rings. The number of rotatable bonds is 2. The zero-order chi connectivity index (χ0) is 10.1. The van der Waals surface area contributed by atoms with E-state index in [1.807, 2.05) is 23.1 Å². The minimum absolute atomic E-state index is 0.640. The van der Waals surface area contributed by atoms with E-state index in [4.69, 9.17) is 5.73 Å². The van der Waals surface area contributed by atoms with Gasteiger partial charge in [0.05, 0.1) is 12.2 Å². The summed E-state index contributed by atoms with van der Waals surface area (Å²) in [6.45, 7) is 2.53. The van der Waals surface area contributed by atoms with Crippen LogP contribution in [0.1, 0.15) is 11.5 Å². The first-order valence-electron chi connectivity index (χ1n) is 4.28. The lowest BCUT2D eigenvalue weighted by Crippen LogP contribution is -2.06. The molecule has 0 unspecified atom stereocenters. The predicted molar refractivity (Wildman–Crippen MR) is 51.5 cm³/mol. The van der Waals surface area contributed by atoms with E-state index in [2.05, 4.69) is 15.2 Å². The molecule has 0 spiro atoms. The summed E-state index contributed by atoms with van der Waals surface area (Å²) in [6, 6.07) is 0. The van der Waals surface area contributed by atoms with Gasteiger partial charge in [-0.2, -0.15) is 0 Å². The highest BCUT2D eigenvalue weighted by atomic mass is 15.2. The van der Waals surface area contributed by atoms with Gasteiger partial charge >= 0.3 is 0 Å². The zero-order valence-corrected chi connectivity index (χ0v) is 8.18. The minimum Gasteiger partial charge on any atom is -0.384 e. The number of anilines is 1. The molecule has 0 aromatic carbocycles. The number of nitrogens with two attached hydrogens (primary N) is 1. The number of hydrogen-bond donors (Lipinski definition) is 1. The third-order valence-electron chi connectivity index (χ3n) is 2.21. The molecular weight excluding hydrogens is 180 g/mol. The standard InChI is InChI=1S/C8H12N6/c1-6-8(9)13(2)7(12-6)3-14-4-10-11-5-14/h4-5H,3,9H2,1-2H3. The van der Waals surface area contributed by atoms with Gasteiger partial charge in [0.2, 0.25) is 0 Å². The van der Waals surface area contributed by atoms with E-state index in [9.17, 15) is 0 Å². The highest BCUT2D eigenvalue weighted by Gasteiger charge is 2.08. The van der Waals surface area contributed by atoms with Gasteiger partial charge in [-0.1, -0.05) is 0 Å². The Balaban J connectivity index is 2.30. The molecule has 0 aliphatic rings. The van der Waals surface area contributed by atoms with Crippen molar-refractivity contribution in [3.05, 3.63) is 24.2 Å². The van der Waals surface area contributed by atoms with Gasteiger partial charge in [-0.25, -0.2) is 4.98 Å². The average molecular weight is 192 g/mol. The van der Waals surface area contributed by atoms with Crippen molar-refractivity contribution in [1.29, 1.82) is 0 Å². The normalized spacial score (nSPS) is 10.7. The largest absolute Gasteiger partial charge is 0.384 e. The molecule has 0 aliphatic heterocycles. The minimum atomic E-state index is 0.640. The van der Waals surface area contributed by atoms with Gasteiger partial charge in [0.25, 0.3) is 0 Å². The van der Waals surface area contributed by atoms with E-state index >= 15 is 0 Å². The van der Waals surface area contributed by atoms with E-state index in [1.165, 1.54) is 0 Å². The molecule has 2 N–H and O–H groups in total. The molecule has 2 aromatic rings. The van der Waals surface area contributed by atoms with Gasteiger partial charge in [0.1, 0.15) is 24.3 Å². The van der Waals surface area contributed by atoms with Crippen molar-refractivity contribution in [1.82, 2.24) is 24.3 Å². The summed E-state index contributed by atoms with van der Waals surface area (Å²) >= 11 is 0.